The first-order chi connectivity index (χ1) is 20.0. The number of aromatic carboxylic acids is 1. The smallest absolute Gasteiger partial charge is 0.335 e. The first kappa shape index (κ1) is 29.6. The second-order valence-electron chi connectivity index (χ2n) is 10.6. The number of nitrogens with zero attached hydrogens (tertiary/aromatic N) is 2. The number of rotatable bonds is 8. The van der Waals surface area contributed by atoms with Gasteiger partial charge >= 0.3 is 5.97 Å². The van der Waals surface area contributed by atoms with E-state index < -0.39 is 5.97 Å². The molecule has 1 aliphatic carbocycles. The monoisotopic (exact) mass is 602 g/mol. The van der Waals surface area contributed by atoms with Gasteiger partial charge in [-0.2, -0.15) is 0 Å². The maximum Gasteiger partial charge on any atom is 0.335 e. The summed E-state index contributed by atoms with van der Waals surface area (Å²) in [6.45, 7) is 0.350. The van der Waals surface area contributed by atoms with Crippen molar-refractivity contribution < 1.29 is 19.7 Å². The van der Waals surface area contributed by atoms with Crippen LogP contribution in [0.15, 0.2) is 84.9 Å². The Hall–Kier alpha value is -3.84. The highest BCUT2D eigenvalue weighted by Gasteiger charge is 2.23. The molecule has 0 spiro atoms. The Morgan fingerprint density at radius 1 is 0.905 bits per heavy atom. The SMILES string of the molecule is Cl.O=C(O)c1ccc2c(c1)nc(-c1ccc(OCc3cc(Cl)ccc3-c3ccc(CO)cc3)cc1)n2C1CCCCC1. The lowest BCUT2D eigenvalue weighted by Gasteiger charge is -2.25. The second kappa shape index (κ2) is 13.0. The van der Waals surface area contributed by atoms with E-state index in [1.165, 1.54) is 19.3 Å². The molecule has 0 saturated heterocycles. The summed E-state index contributed by atoms with van der Waals surface area (Å²) in [5.41, 5.74) is 6.75. The van der Waals surface area contributed by atoms with E-state index in [1.807, 2.05) is 72.8 Å². The Balaban J connectivity index is 0.00000353. The van der Waals surface area contributed by atoms with Crippen molar-refractivity contribution in [3.8, 4) is 28.3 Å². The Morgan fingerprint density at radius 2 is 1.62 bits per heavy atom. The first-order valence-electron chi connectivity index (χ1n) is 14.0. The number of carbonyl (C=O) groups is 1. The van der Waals surface area contributed by atoms with Crippen molar-refractivity contribution in [2.45, 2.75) is 51.4 Å². The summed E-state index contributed by atoms with van der Waals surface area (Å²) in [5, 5.41) is 19.5. The normalized spacial score (nSPS) is 13.6. The largest absolute Gasteiger partial charge is 0.489 e. The van der Waals surface area contributed by atoms with E-state index in [1.54, 1.807) is 12.1 Å². The molecule has 1 aromatic heterocycles. The van der Waals surface area contributed by atoms with Crippen LogP contribution in [0.25, 0.3) is 33.5 Å². The van der Waals surface area contributed by atoms with Crippen molar-refractivity contribution >= 4 is 41.0 Å². The van der Waals surface area contributed by atoms with Gasteiger partial charge < -0.3 is 19.5 Å². The quantitative estimate of drug-likeness (QED) is 0.185. The number of carboxylic acids is 1. The molecule has 0 bridgehead atoms. The van der Waals surface area contributed by atoms with Crippen LogP contribution in [0.2, 0.25) is 5.02 Å². The maximum absolute atomic E-state index is 11.6. The van der Waals surface area contributed by atoms with Crippen molar-refractivity contribution in [1.29, 1.82) is 0 Å². The van der Waals surface area contributed by atoms with Crippen LogP contribution in [0.1, 0.15) is 59.6 Å². The molecule has 0 amide bonds. The fourth-order valence-electron chi connectivity index (χ4n) is 5.76. The Morgan fingerprint density at radius 3 is 2.31 bits per heavy atom. The molecular formula is C34H32Cl2N2O4. The number of fused-ring (bicyclic) bond motifs is 1. The Labute approximate surface area is 256 Å². The molecule has 0 atom stereocenters. The number of aliphatic hydroxyl groups excluding tert-OH is 1. The van der Waals surface area contributed by atoms with Gasteiger partial charge in [0.2, 0.25) is 0 Å². The minimum Gasteiger partial charge on any atom is -0.489 e. The van der Waals surface area contributed by atoms with Crippen molar-refractivity contribution in [1.82, 2.24) is 9.55 Å². The summed E-state index contributed by atoms with van der Waals surface area (Å²) >= 11 is 6.33. The van der Waals surface area contributed by atoms with Gasteiger partial charge in [0.25, 0.3) is 0 Å². The highest BCUT2D eigenvalue weighted by molar-refractivity contribution is 6.30. The molecule has 5 aromatic rings. The zero-order valence-electron chi connectivity index (χ0n) is 23.0. The summed E-state index contributed by atoms with van der Waals surface area (Å²) in [4.78, 5) is 16.5. The van der Waals surface area contributed by atoms with Crippen LogP contribution >= 0.6 is 24.0 Å². The molecule has 6 rings (SSSR count). The zero-order chi connectivity index (χ0) is 28.3. The maximum atomic E-state index is 11.6. The molecular weight excluding hydrogens is 571 g/mol. The molecule has 1 aliphatic rings. The van der Waals surface area contributed by atoms with Crippen molar-refractivity contribution in [2.24, 2.45) is 0 Å². The molecule has 1 saturated carbocycles. The number of hydrogen-bond donors (Lipinski definition) is 2. The van der Waals surface area contributed by atoms with Gasteiger partial charge in [-0.15, -0.1) is 12.4 Å². The molecule has 0 radical (unpaired) electrons. The number of halogens is 2. The van der Waals surface area contributed by atoms with E-state index in [2.05, 4.69) is 4.57 Å². The third kappa shape index (κ3) is 6.16. The van der Waals surface area contributed by atoms with Crippen LogP contribution in [0.4, 0.5) is 0 Å². The topological polar surface area (TPSA) is 84.6 Å². The fourth-order valence-corrected chi connectivity index (χ4v) is 5.95. The van der Waals surface area contributed by atoms with Crippen LogP contribution < -0.4 is 4.74 Å². The lowest BCUT2D eigenvalue weighted by Crippen LogP contribution is -2.14. The molecule has 42 heavy (non-hydrogen) atoms. The average Bonchev–Trinajstić information content (AvgIpc) is 3.40. The molecule has 4 aromatic carbocycles. The summed E-state index contributed by atoms with van der Waals surface area (Å²) in [7, 11) is 0. The van der Waals surface area contributed by atoms with Gasteiger partial charge in [-0.3, -0.25) is 0 Å². The van der Waals surface area contributed by atoms with Gasteiger partial charge in [0.1, 0.15) is 18.2 Å². The van der Waals surface area contributed by atoms with Crippen molar-refractivity contribution in [3.63, 3.8) is 0 Å². The van der Waals surface area contributed by atoms with Crippen LogP contribution in [0.3, 0.4) is 0 Å². The molecule has 216 valence electrons. The summed E-state index contributed by atoms with van der Waals surface area (Å²) < 4.78 is 8.50. The van der Waals surface area contributed by atoms with E-state index >= 15 is 0 Å². The predicted molar refractivity (Wildman–Crippen MR) is 169 cm³/mol. The number of benzene rings is 4. The van der Waals surface area contributed by atoms with Gasteiger partial charge in [0.15, 0.2) is 0 Å². The highest BCUT2D eigenvalue weighted by atomic mass is 35.5. The summed E-state index contributed by atoms with van der Waals surface area (Å²) in [6, 6.07) is 27.1. The lowest BCUT2D eigenvalue weighted by atomic mass is 9.95. The van der Waals surface area contributed by atoms with E-state index in [4.69, 9.17) is 21.3 Å². The van der Waals surface area contributed by atoms with E-state index in [0.29, 0.717) is 23.2 Å². The number of ether oxygens (including phenoxy) is 1. The second-order valence-corrected chi connectivity index (χ2v) is 11.0. The minimum atomic E-state index is -0.952. The number of imidazole rings is 1. The van der Waals surface area contributed by atoms with Gasteiger partial charge in [-0.25, -0.2) is 9.78 Å². The molecule has 1 fully saturated rings. The minimum absolute atomic E-state index is 0. The first-order valence-corrected chi connectivity index (χ1v) is 14.3. The van der Waals surface area contributed by atoms with Crippen molar-refractivity contribution in [3.05, 3.63) is 107 Å². The third-order valence-corrected chi connectivity index (χ3v) is 8.13. The molecule has 0 aliphatic heterocycles. The number of aliphatic hydroxyl groups is 1. The van der Waals surface area contributed by atoms with Gasteiger partial charge in [0, 0.05) is 16.6 Å². The molecule has 0 unspecified atom stereocenters. The van der Waals surface area contributed by atoms with E-state index in [9.17, 15) is 15.0 Å². The Kier molecular flexibility index (Phi) is 9.17. The lowest BCUT2D eigenvalue weighted by molar-refractivity contribution is 0.0697. The van der Waals surface area contributed by atoms with E-state index in [-0.39, 0.29) is 24.6 Å². The number of hydrogen-bond acceptors (Lipinski definition) is 4. The Bertz CT molecular complexity index is 1690. The standard InChI is InChI=1S/C34H31ClN2O4.ClH/c35-27-13-16-30(23-8-6-22(20-38)7-9-23)26(18-27)21-41-29-14-10-24(11-15-29)33-36-31-19-25(34(39)40)12-17-32(31)37(33)28-4-2-1-3-5-28;/h6-19,28,38H,1-5,20-21H2,(H,39,40);1H. The van der Waals surface area contributed by atoms with Gasteiger partial charge in [-0.05, 0) is 89.7 Å². The molecule has 6 nitrogen and oxygen atoms in total. The van der Waals surface area contributed by atoms with Crippen LogP contribution in [-0.2, 0) is 13.2 Å². The summed E-state index contributed by atoms with van der Waals surface area (Å²) in [5.74, 6) is 0.625. The van der Waals surface area contributed by atoms with Crippen LogP contribution in [0, 0.1) is 0 Å². The van der Waals surface area contributed by atoms with Gasteiger partial charge in [0.05, 0.1) is 23.2 Å². The third-order valence-electron chi connectivity index (χ3n) is 7.90. The van der Waals surface area contributed by atoms with Crippen LogP contribution in [-0.4, -0.2) is 25.7 Å². The van der Waals surface area contributed by atoms with Crippen LogP contribution in [0.5, 0.6) is 5.75 Å². The molecule has 1 heterocycles. The molecule has 8 heteroatoms. The fraction of sp³-hybridized carbons (Fsp3) is 0.235. The average molecular weight is 604 g/mol. The van der Waals surface area contributed by atoms with Crippen molar-refractivity contribution in [2.75, 3.05) is 0 Å². The zero-order valence-corrected chi connectivity index (χ0v) is 24.6. The number of aromatic nitrogens is 2. The highest BCUT2D eigenvalue weighted by Crippen LogP contribution is 2.37. The molecule has 2 N–H and O–H groups in total. The number of carboxylic acid groups (broad SMARTS) is 1. The van der Waals surface area contributed by atoms with Gasteiger partial charge in [-0.1, -0.05) is 61.2 Å². The predicted octanol–water partition coefficient (Wildman–Crippen LogP) is 8.72. The van der Waals surface area contributed by atoms with E-state index in [0.717, 1.165) is 57.7 Å². The summed E-state index contributed by atoms with van der Waals surface area (Å²) in [6.07, 6.45) is 5.79.